The van der Waals surface area contributed by atoms with Crippen LogP contribution in [0.1, 0.15) is 49.7 Å². The molecule has 0 bridgehead atoms. The van der Waals surface area contributed by atoms with Gasteiger partial charge in [0.05, 0.1) is 6.04 Å². The van der Waals surface area contributed by atoms with Gasteiger partial charge in [0.25, 0.3) is 0 Å². The molecule has 5 heteroatoms. The first-order valence-electron chi connectivity index (χ1n) is 6.28. The van der Waals surface area contributed by atoms with E-state index >= 15 is 0 Å². The molecule has 0 fully saturated rings. The molecule has 1 aromatic carbocycles. The lowest BCUT2D eigenvalue weighted by Crippen LogP contribution is -2.12. The lowest BCUT2D eigenvalue weighted by molar-refractivity contribution is 0.567. The van der Waals surface area contributed by atoms with Crippen molar-refractivity contribution in [3.63, 3.8) is 0 Å². The smallest absolute Gasteiger partial charge is 0.225 e. The molecule has 2 rings (SSSR count). The summed E-state index contributed by atoms with van der Waals surface area (Å²) in [5.74, 6) is 0.802. The van der Waals surface area contributed by atoms with E-state index in [1.807, 2.05) is 31.4 Å². The lowest BCUT2D eigenvalue weighted by Gasteiger charge is -2.18. The second kappa shape index (κ2) is 5.29. The average molecular weight is 282 g/mol. The van der Waals surface area contributed by atoms with Crippen LogP contribution in [0.25, 0.3) is 0 Å². The van der Waals surface area contributed by atoms with Crippen molar-refractivity contribution in [1.29, 1.82) is 0 Å². The van der Waals surface area contributed by atoms with E-state index in [1.54, 1.807) is 19.1 Å². The molecular formula is C14H17ClFN3. The Labute approximate surface area is 117 Å². The van der Waals surface area contributed by atoms with Crippen LogP contribution < -0.4 is 0 Å². The van der Waals surface area contributed by atoms with Crippen LogP contribution in [-0.2, 0) is 0 Å². The standard InChI is InChI=1S/C14H17ClFN3/c1-8(2)13-17-18-14(15)19(13)10(4)11-6-5-9(3)12(16)7-11/h5-8,10H,1-4H3. The minimum Gasteiger partial charge on any atom is -0.294 e. The summed E-state index contributed by atoms with van der Waals surface area (Å²) in [5.41, 5.74) is 1.49. The number of rotatable bonds is 3. The Morgan fingerprint density at radius 1 is 1.21 bits per heavy atom. The first-order valence-corrected chi connectivity index (χ1v) is 6.66. The van der Waals surface area contributed by atoms with Gasteiger partial charge in [-0.1, -0.05) is 26.0 Å². The molecule has 1 heterocycles. The van der Waals surface area contributed by atoms with Crippen LogP contribution >= 0.6 is 11.6 Å². The number of aryl methyl sites for hydroxylation is 1. The number of aromatic nitrogens is 3. The number of halogens is 2. The maximum atomic E-state index is 13.7. The third kappa shape index (κ3) is 2.63. The van der Waals surface area contributed by atoms with Gasteiger partial charge in [0.15, 0.2) is 0 Å². The van der Waals surface area contributed by atoms with Crippen molar-refractivity contribution in [1.82, 2.24) is 14.8 Å². The molecule has 0 N–H and O–H groups in total. The Kier molecular flexibility index (Phi) is 3.90. The van der Waals surface area contributed by atoms with E-state index in [9.17, 15) is 4.39 Å². The Balaban J connectivity index is 2.46. The maximum absolute atomic E-state index is 13.7. The molecule has 0 spiro atoms. The summed E-state index contributed by atoms with van der Waals surface area (Å²) in [6.45, 7) is 7.76. The highest BCUT2D eigenvalue weighted by Gasteiger charge is 2.20. The quantitative estimate of drug-likeness (QED) is 0.847. The van der Waals surface area contributed by atoms with Crippen LogP contribution in [-0.4, -0.2) is 14.8 Å². The zero-order valence-corrected chi connectivity index (χ0v) is 12.2. The highest BCUT2D eigenvalue weighted by molar-refractivity contribution is 6.28. The number of hydrogen-bond donors (Lipinski definition) is 0. The second-order valence-electron chi connectivity index (χ2n) is 5.04. The molecule has 0 aliphatic rings. The largest absolute Gasteiger partial charge is 0.294 e. The SMILES string of the molecule is Cc1ccc(C(C)n2c(Cl)nnc2C(C)C)cc1F. The van der Waals surface area contributed by atoms with E-state index in [4.69, 9.17) is 11.6 Å². The molecule has 1 atom stereocenters. The average Bonchev–Trinajstić information content (AvgIpc) is 2.74. The van der Waals surface area contributed by atoms with Gasteiger partial charge in [0.1, 0.15) is 11.6 Å². The Morgan fingerprint density at radius 2 is 1.89 bits per heavy atom. The summed E-state index contributed by atoms with van der Waals surface area (Å²) in [4.78, 5) is 0. The molecule has 102 valence electrons. The summed E-state index contributed by atoms with van der Waals surface area (Å²) < 4.78 is 15.5. The predicted molar refractivity (Wildman–Crippen MR) is 74.1 cm³/mol. The van der Waals surface area contributed by atoms with Crippen molar-refractivity contribution < 1.29 is 4.39 Å². The Bertz CT molecular complexity index is 592. The van der Waals surface area contributed by atoms with E-state index < -0.39 is 0 Å². The Hall–Kier alpha value is -1.42. The van der Waals surface area contributed by atoms with Gasteiger partial charge in [-0.3, -0.25) is 4.57 Å². The van der Waals surface area contributed by atoms with Crippen molar-refractivity contribution >= 4 is 11.6 Å². The Morgan fingerprint density at radius 3 is 2.47 bits per heavy atom. The van der Waals surface area contributed by atoms with Gasteiger partial charge < -0.3 is 0 Å². The van der Waals surface area contributed by atoms with E-state index in [-0.39, 0.29) is 17.8 Å². The van der Waals surface area contributed by atoms with E-state index in [0.29, 0.717) is 10.8 Å². The van der Waals surface area contributed by atoms with Gasteiger partial charge in [0, 0.05) is 5.92 Å². The normalized spacial score (nSPS) is 13.0. The first-order chi connectivity index (χ1) is 8.91. The molecule has 0 radical (unpaired) electrons. The van der Waals surface area contributed by atoms with Crippen molar-refractivity contribution in [3.05, 3.63) is 46.3 Å². The fourth-order valence-electron chi connectivity index (χ4n) is 2.05. The van der Waals surface area contributed by atoms with E-state index in [1.165, 1.54) is 0 Å². The van der Waals surface area contributed by atoms with Crippen LogP contribution in [0.3, 0.4) is 0 Å². The zero-order chi connectivity index (χ0) is 14.2. The predicted octanol–water partition coefficient (Wildman–Crippen LogP) is 4.11. The summed E-state index contributed by atoms with van der Waals surface area (Å²) in [5, 5.41) is 8.33. The molecule has 2 aromatic rings. The van der Waals surface area contributed by atoms with Crippen molar-refractivity contribution in [2.75, 3.05) is 0 Å². The van der Waals surface area contributed by atoms with Crippen LogP contribution in [0, 0.1) is 12.7 Å². The minimum atomic E-state index is -0.209. The van der Waals surface area contributed by atoms with Gasteiger partial charge in [-0.05, 0) is 42.6 Å². The van der Waals surface area contributed by atoms with Crippen molar-refractivity contribution in [3.8, 4) is 0 Å². The fourth-order valence-corrected chi connectivity index (χ4v) is 2.32. The first kappa shape index (κ1) is 14.0. The zero-order valence-electron chi connectivity index (χ0n) is 11.5. The highest BCUT2D eigenvalue weighted by Crippen LogP contribution is 2.27. The second-order valence-corrected chi connectivity index (χ2v) is 5.37. The third-order valence-corrected chi connectivity index (χ3v) is 3.52. The van der Waals surface area contributed by atoms with Crippen LogP contribution in [0.2, 0.25) is 5.28 Å². The summed E-state index contributed by atoms with van der Waals surface area (Å²) in [6, 6.07) is 5.12. The molecule has 3 nitrogen and oxygen atoms in total. The van der Waals surface area contributed by atoms with Gasteiger partial charge >= 0.3 is 0 Å². The van der Waals surface area contributed by atoms with Gasteiger partial charge in [-0.25, -0.2) is 4.39 Å². The molecule has 1 unspecified atom stereocenters. The van der Waals surface area contributed by atoms with Gasteiger partial charge in [-0.15, -0.1) is 10.2 Å². The molecule has 0 aliphatic heterocycles. The van der Waals surface area contributed by atoms with Gasteiger partial charge in [0.2, 0.25) is 5.28 Å². The molecule has 0 saturated carbocycles. The van der Waals surface area contributed by atoms with Crippen molar-refractivity contribution in [2.24, 2.45) is 0 Å². The van der Waals surface area contributed by atoms with Gasteiger partial charge in [-0.2, -0.15) is 0 Å². The molecule has 19 heavy (non-hydrogen) atoms. The lowest BCUT2D eigenvalue weighted by atomic mass is 10.1. The third-order valence-electron chi connectivity index (χ3n) is 3.26. The van der Waals surface area contributed by atoms with Crippen molar-refractivity contribution in [2.45, 2.75) is 39.7 Å². The fraction of sp³-hybridized carbons (Fsp3) is 0.429. The molecule has 1 aromatic heterocycles. The van der Waals surface area contributed by atoms with Crippen LogP contribution in [0.15, 0.2) is 18.2 Å². The molecule has 0 amide bonds. The molecule has 0 saturated heterocycles. The number of hydrogen-bond acceptors (Lipinski definition) is 2. The maximum Gasteiger partial charge on any atom is 0.225 e. The monoisotopic (exact) mass is 281 g/mol. The van der Waals surface area contributed by atoms with E-state index in [2.05, 4.69) is 10.2 Å². The van der Waals surface area contributed by atoms with Crippen LogP contribution in [0.5, 0.6) is 0 Å². The number of benzene rings is 1. The topological polar surface area (TPSA) is 30.7 Å². The summed E-state index contributed by atoms with van der Waals surface area (Å²) in [6.07, 6.45) is 0. The summed E-state index contributed by atoms with van der Waals surface area (Å²) >= 11 is 6.10. The number of nitrogens with zero attached hydrogens (tertiary/aromatic N) is 3. The van der Waals surface area contributed by atoms with E-state index in [0.717, 1.165) is 11.4 Å². The van der Waals surface area contributed by atoms with Crippen LogP contribution in [0.4, 0.5) is 4.39 Å². The molecule has 0 aliphatic carbocycles. The molecular weight excluding hydrogens is 265 g/mol. The minimum absolute atomic E-state index is 0.102. The highest BCUT2D eigenvalue weighted by atomic mass is 35.5. The summed E-state index contributed by atoms with van der Waals surface area (Å²) in [7, 11) is 0.